The third kappa shape index (κ3) is 1.36. The molecule has 0 saturated carbocycles. The summed E-state index contributed by atoms with van der Waals surface area (Å²) in [4.78, 5) is 12.3. The summed E-state index contributed by atoms with van der Waals surface area (Å²) in [7, 11) is 0. The van der Waals surface area contributed by atoms with Crippen LogP contribution in [0.4, 0.5) is 0 Å². The number of fused-ring (bicyclic) bond motifs is 3. The summed E-state index contributed by atoms with van der Waals surface area (Å²) >= 11 is 6.32. The highest BCUT2D eigenvalue weighted by molar-refractivity contribution is 6.38. The van der Waals surface area contributed by atoms with Gasteiger partial charge in [-0.1, -0.05) is 54.9 Å². The molecule has 0 N–H and O–H groups in total. The zero-order valence-corrected chi connectivity index (χ0v) is 10.2. The van der Waals surface area contributed by atoms with E-state index in [0.717, 1.165) is 28.7 Å². The van der Waals surface area contributed by atoms with Crippen molar-refractivity contribution in [3.63, 3.8) is 0 Å². The second-order valence-corrected chi connectivity index (χ2v) is 4.57. The molecule has 0 bridgehead atoms. The first-order valence-electron chi connectivity index (χ1n) is 5.69. The van der Waals surface area contributed by atoms with Crippen molar-refractivity contribution in [2.75, 3.05) is 0 Å². The average Bonchev–Trinajstić information content (AvgIpc) is 2.65. The summed E-state index contributed by atoms with van der Waals surface area (Å²) in [5.74, 6) is 0.0518. The number of benzene rings is 2. The first-order valence-corrected chi connectivity index (χ1v) is 6.07. The number of carbonyl (C=O) groups excluding carboxylic acids is 1. The highest BCUT2D eigenvalue weighted by Gasteiger charge is 2.29. The molecule has 1 nitrogen and oxygen atoms in total. The average molecular weight is 243 g/mol. The Bertz CT molecular complexity index is 629. The van der Waals surface area contributed by atoms with Crippen molar-refractivity contribution in [1.29, 1.82) is 0 Å². The number of hydrogen-bond acceptors (Lipinski definition) is 1. The molecule has 1 aliphatic rings. The third-order valence-electron chi connectivity index (χ3n) is 3.29. The Kier molecular flexibility index (Phi) is 2.30. The van der Waals surface area contributed by atoms with Crippen molar-refractivity contribution in [3.05, 3.63) is 58.1 Å². The van der Waals surface area contributed by atoms with Crippen LogP contribution in [0.1, 0.15) is 28.4 Å². The molecule has 0 spiro atoms. The predicted molar refractivity (Wildman–Crippen MR) is 69.7 cm³/mol. The SMILES string of the molecule is CCc1ccc2c(c1Cl)C(=O)c1ccccc1-2. The molecule has 0 atom stereocenters. The summed E-state index contributed by atoms with van der Waals surface area (Å²) in [5.41, 5.74) is 4.43. The van der Waals surface area contributed by atoms with Gasteiger partial charge in [-0.25, -0.2) is 0 Å². The van der Waals surface area contributed by atoms with Crippen LogP contribution in [0.5, 0.6) is 0 Å². The predicted octanol–water partition coefficient (Wildman–Crippen LogP) is 4.11. The fourth-order valence-corrected chi connectivity index (χ4v) is 2.77. The molecule has 0 amide bonds. The summed E-state index contributed by atoms with van der Waals surface area (Å²) in [5, 5.41) is 0.617. The maximum atomic E-state index is 12.3. The monoisotopic (exact) mass is 242 g/mol. The smallest absolute Gasteiger partial charge is 0.195 e. The van der Waals surface area contributed by atoms with Gasteiger partial charge < -0.3 is 0 Å². The second kappa shape index (κ2) is 3.71. The molecule has 0 unspecified atom stereocenters. The lowest BCUT2D eigenvalue weighted by molar-refractivity contribution is 0.104. The lowest BCUT2D eigenvalue weighted by Gasteiger charge is -2.06. The number of rotatable bonds is 1. The van der Waals surface area contributed by atoms with Crippen LogP contribution >= 0.6 is 11.6 Å². The molecule has 1 aliphatic carbocycles. The molecule has 17 heavy (non-hydrogen) atoms. The van der Waals surface area contributed by atoms with Gasteiger partial charge in [0.1, 0.15) is 0 Å². The van der Waals surface area contributed by atoms with Crippen LogP contribution in [0.15, 0.2) is 36.4 Å². The van der Waals surface area contributed by atoms with Gasteiger partial charge in [0.15, 0.2) is 5.78 Å². The van der Waals surface area contributed by atoms with Gasteiger partial charge in [-0.15, -0.1) is 0 Å². The maximum absolute atomic E-state index is 12.3. The minimum absolute atomic E-state index is 0.0518. The van der Waals surface area contributed by atoms with Gasteiger partial charge in [-0.05, 0) is 23.1 Å². The first kappa shape index (κ1) is 10.5. The number of aryl methyl sites for hydroxylation is 1. The molecule has 2 heteroatoms. The normalized spacial score (nSPS) is 12.5. The molecule has 0 aliphatic heterocycles. The molecule has 0 fully saturated rings. The number of carbonyl (C=O) groups is 1. The molecule has 0 saturated heterocycles. The van der Waals surface area contributed by atoms with E-state index in [4.69, 9.17) is 11.6 Å². The summed E-state index contributed by atoms with van der Waals surface area (Å²) in [6.07, 6.45) is 0.843. The van der Waals surface area contributed by atoms with E-state index in [2.05, 4.69) is 0 Å². The highest BCUT2D eigenvalue weighted by atomic mass is 35.5. The van der Waals surface area contributed by atoms with Crippen molar-refractivity contribution in [1.82, 2.24) is 0 Å². The van der Waals surface area contributed by atoms with E-state index < -0.39 is 0 Å². The van der Waals surface area contributed by atoms with E-state index in [1.807, 2.05) is 43.3 Å². The zero-order chi connectivity index (χ0) is 12.0. The van der Waals surface area contributed by atoms with Crippen molar-refractivity contribution in [2.45, 2.75) is 13.3 Å². The zero-order valence-electron chi connectivity index (χ0n) is 9.46. The Morgan fingerprint density at radius 3 is 2.41 bits per heavy atom. The highest BCUT2D eigenvalue weighted by Crippen LogP contribution is 2.41. The van der Waals surface area contributed by atoms with Crippen LogP contribution in [0, 0.1) is 0 Å². The van der Waals surface area contributed by atoms with Crippen LogP contribution in [-0.2, 0) is 6.42 Å². The molecule has 0 heterocycles. The fourth-order valence-electron chi connectivity index (χ4n) is 2.39. The summed E-state index contributed by atoms with van der Waals surface area (Å²) in [6.45, 7) is 2.04. The van der Waals surface area contributed by atoms with Crippen molar-refractivity contribution in [3.8, 4) is 11.1 Å². The van der Waals surface area contributed by atoms with Crippen molar-refractivity contribution < 1.29 is 4.79 Å². The minimum atomic E-state index is 0.0518. The largest absolute Gasteiger partial charge is 0.289 e. The van der Waals surface area contributed by atoms with Crippen LogP contribution in [0.3, 0.4) is 0 Å². The van der Waals surface area contributed by atoms with Crippen molar-refractivity contribution in [2.24, 2.45) is 0 Å². The lowest BCUT2D eigenvalue weighted by Crippen LogP contribution is -1.98. The van der Waals surface area contributed by atoms with Crippen LogP contribution < -0.4 is 0 Å². The molecule has 2 aromatic rings. The second-order valence-electron chi connectivity index (χ2n) is 4.19. The van der Waals surface area contributed by atoms with E-state index >= 15 is 0 Å². The van der Waals surface area contributed by atoms with Gasteiger partial charge in [0.2, 0.25) is 0 Å². The molecule has 3 rings (SSSR count). The van der Waals surface area contributed by atoms with Crippen LogP contribution in [0.2, 0.25) is 5.02 Å². The standard InChI is InChI=1S/C15H11ClO/c1-2-9-7-8-11-10-5-3-4-6-12(10)15(17)13(11)14(9)16/h3-8H,2H2,1H3. The number of halogens is 1. The quantitative estimate of drug-likeness (QED) is 0.628. The maximum Gasteiger partial charge on any atom is 0.195 e. The Morgan fingerprint density at radius 2 is 1.71 bits per heavy atom. The van der Waals surface area contributed by atoms with E-state index in [1.54, 1.807) is 0 Å². The Morgan fingerprint density at radius 1 is 1.00 bits per heavy atom. The topological polar surface area (TPSA) is 17.1 Å². The van der Waals surface area contributed by atoms with Gasteiger partial charge in [0.25, 0.3) is 0 Å². The van der Waals surface area contributed by atoms with E-state index in [0.29, 0.717) is 10.6 Å². The molecule has 2 aromatic carbocycles. The Hall–Kier alpha value is -1.60. The summed E-state index contributed by atoms with van der Waals surface area (Å²) < 4.78 is 0. The van der Waals surface area contributed by atoms with E-state index in [9.17, 15) is 4.79 Å². The third-order valence-corrected chi connectivity index (χ3v) is 3.72. The van der Waals surface area contributed by atoms with Crippen LogP contribution in [0.25, 0.3) is 11.1 Å². The van der Waals surface area contributed by atoms with E-state index in [-0.39, 0.29) is 5.78 Å². The Labute approximate surface area is 105 Å². The van der Waals surface area contributed by atoms with Gasteiger partial charge in [0, 0.05) is 11.1 Å². The fraction of sp³-hybridized carbons (Fsp3) is 0.133. The number of hydrogen-bond donors (Lipinski definition) is 0. The Balaban J connectivity index is 2.35. The molecular formula is C15H11ClO. The minimum Gasteiger partial charge on any atom is -0.289 e. The van der Waals surface area contributed by atoms with Gasteiger partial charge in [-0.2, -0.15) is 0 Å². The first-order chi connectivity index (χ1) is 8.24. The van der Waals surface area contributed by atoms with Gasteiger partial charge >= 0.3 is 0 Å². The molecular weight excluding hydrogens is 232 g/mol. The molecule has 0 aromatic heterocycles. The van der Waals surface area contributed by atoms with E-state index in [1.165, 1.54) is 0 Å². The van der Waals surface area contributed by atoms with Crippen LogP contribution in [-0.4, -0.2) is 5.78 Å². The lowest BCUT2D eigenvalue weighted by atomic mass is 10.0. The molecule has 84 valence electrons. The van der Waals surface area contributed by atoms with Crippen molar-refractivity contribution >= 4 is 17.4 Å². The summed E-state index contributed by atoms with van der Waals surface area (Å²) in [6, 6.07) is 11.7. The van der Waals surface area contributed by atoms with Gasteiger partial charge in [0.05, 0.1) is 5.02 Å². The number of ketones is 1. The van der Waals surface area contributed by atoms with Gasteiger partial charge in [-0.3, -0.25) is 4.79 Å². The molecule has 0 radical (unpaired) electrons.